The number of aromatic nitrogens is 1. The Labute approximate surface area is 222 Å². The molecule has 1 fully saturated rings. The number of nitrogens with zero attached hydrogens (tertiary/aromatic N) is 3. The van der Waals surface area contributed by atoms with Crippen LogP contribution < -0.4 is 25.0 Å². The number of benzene rings is 1. The van der Waals surface area contributed by atoms with Crippen LogP contribution in [0.1, 0.15) is 24.1 Å². The number of methoxy groups -OCH3 is 1. The van der Waals surface area contributed by atoms with Gasteiger partial charge in [0.2, 0.25) is 0 Å². The molecule has 0 atom stereocenters. The van der Waals surface area contributed by atoms with Crippen LogP contribution in [0.5, 0.6) is 11.5 Å². The fraction of sp³-hybridized carbons (Fsp3) is 0.458. The SMILES string of the molecule is COc1ccc2c(c1)N(CCN1CCC(NCc3ccc4c(n3)NC(=O)CO4)CC1)C(=O)OC2.Cl.Cl. The quantitative estimate of drug-likeness (QED) is 0.553. The number of carbonyl (C=O) groups is 2. The number of hydrogen-bond acceptors (Lipinski definition) is 8. The average molecular weight is 540 g/mol. The molecule has 10 nitrogen and oxygen atoms in total. The van der Waals surface area contributed by atoms with Crippen LogP contribution in [0.3, 0.4) is 0 Å². The highest BCUT2D eigenvalue weighted by Gasteiger charge is 2.27. The number of anilines is 2. The van der Waals surface area contributed by atoms with Crippen LogP contribution in [-0.4, -0.2) is 67.8 Å². The largest absolute Gasteiger partial charge is 0.497 e. The molecule has 3 aliphatic heterocycles. The van der Waals surface area contributed by atoms with Crippen LogP contribution in [0.25, 0.3) is 0 Å². The number of ether oxygens (including phenoxy) is 3. The van der Waals surface area contributed by atoms with E-state index in [1.807, 2.05) is 30.3 Å². The van der Waals surface area contributed by atoms with Gasteiger partial charge in [0.25, 0.3) is 5.91 Å². The van der Waals surface area contributed by atoms with Crippen LogP contribution in [0.15, 0.2) is 30.3 Å². The average Bonchev–Trinajstić information content (AvgIpc) is 2.87. The number of halogens is 2. The zero-order valence-electron chi connectivity index (χ0n) is 20.0. The summed E-state index contributed by atoms with van der Waals surface area (Å²) in [6.07, 6.45) is 1.72. The highest BCUT2D eigenvalue weighted by Crippen LogP contribution is 2.31. The van der Waals surface area contributed by atoms with Gasteiger partial charge < -0.3 is 29.7 Å². The molecule has 36 heavy (non-hydrogen) atoms. The predicted octanol–water partition coefficient (Wildman–Crippen LogP) is 2.98. The first-order valence-corrected chi connectivity index (χ1v) is 11.6. The minimum Gasteiger partial charge on any atom is -0.497 e. The van der Waals surface area contributed by atoms with E-state index in [-0.39, 0.29) is 43.4 Å². The van der Waals surface area contributed by atoms with E-state index in [1.165, 1.54) is 0 Å². The molecule has 0 radical (unpaired) electrons. The van der Waals surface area contributed by atoms with Crippen molar-refractivity contribution in [3.05, 3.63) is 41.6 Å². The van der Waals surface area contributed by atoms with E-state index in [0.717, 1.165) is 55.2 Å². The van der Waals surface area contributed by atoms with E-state index in [4.69, 9.17) is 14.2 Å². The molecule has 1 aromatic heterocycles. The first-order valence-electron chi connectivity index (χ1n) is 11.6. The molecule has 0 saturated carbocycles. The maximum absolute atomic E-state index is 12.4. The van der Waals surface area contributed by atoms with Crippen molar-refractivity contribution in [2.75, 3.05) is 50.1 Å². The zero-order chi connectivity index (χ0) is 23.5. The Hall–Kier alpha value is -2.79. The molecule has 1 aromatic carbocycles. The number of piperidine rings is 1. The van der Waals surface area contributed by atoms with Gasteiger partial charge in [0, 0.05) is 37.3 Å². The van der Waals surface area contributed by atoms with Gasteiger partial charge in [-0.15, -0.1) is 24.8 Å². The van der Waals surface area contributed by atoms with Crippen molar-refractivity contribution in [3.8, 4) is 11.5 Å². The number of pyridine rings is 1. The molecule has 3 aliphatic rings. The monoisotopic (exact) mass is 539 g/mol. The lowest BCUT2D eigenvalue weighted by molar-refractivity contribution is -0.118. The lowest BCUT2D eigenvalue weighted by Gasteiger charge is -2.35. The molecule has 4 heterocycles. The maximum Gasteiger partial charge on any atom is 0.414 e. The third-order valence-electron chi connectivity index (χ3n) is 6.49. The topological polar surface area (TPSA) is 105 Å². The zero-order valence-corrected chi connectivity index (χ0v) is 21.7. The molecule has 2 aromatic rings. The van der Waals surface area contributed by atoms with Gasteiger partial charge in [-0.3, -0.25) is 9.69 Å². The van der Waals surface area contributed by atoms with E-state index < -0.39 is 0 Å². The molecular formula is C24H31Cl2N5O5. The highest BCUT2D eigenvalue weighted by atomic mass is 35.5. The number of hydrogen-bond donors (Lipinski definition) is 2. The second kappa shape index (κ2) is 12.4. The second-order valence-electron chi connectivity index (χ2n) is 8.68. The standard InChI is InChI=1S/C24H29N5O5.2ClH/c1-32-19-4-2-16-14-34-24(31)29(20(16)12-19)11-10-28-8-6-17(7-9-28)25-13-18-3-5-21-23(26-18)27-22(30)15-33-21;;/h2-5,12,17,25H,6-11,13-15H2,1H3,(H,26,27,30);2*1H. The van der Waals surface area contributed by atoms with E-state index >= 15 is 0 Å². The third kappa shape index (κ3) is 6.31. The van der Waals surface area contributed by atoms with Gasteiger partial charge in [0.1, 0.15) is 12.4 Å². The molecule has 2 N–H and O–H groups in total. The summed E-state index contributed by atoms with van der Waals surface area (Å²) in [5.41, 5.74) is 2.72. The van der Waals surface area contributed by atoms with Crippen molar-refractivity contribution in [1.29, 1.82) is 0 Å². The van der Waals surface area contributed by atoms with Crippen LogP contribution in [0.4, 0.5) is 16.3 Å². The molecule has 0 bridgehead atoms. The van der Waals surface area contributed by atoms with Crippen molar-refractivity contribution >= 4 is 48.3 Å². The summed E-state index contributed by atoms with van der Waals surface area (Å²) in [7, 11) is 1.62. The minimum atomic E-state index is -0.309. The Morgan fingerprint density at radius 1 is 1.08 bits per heavy atom. The first kappa shape index (κ1) is 27.8. The van der Waals surface area contributed by atoms with Gasteiger partial charge in [0.05, 0.1) is 18.5 Å². The number of rotatable bonds is 7. The van der Waals surface area contributed by atoms with E-state index in [9.17, 15) is 9.59 Å². The lowest BCUT2D eigenvalue weighted by atomic mass is 10.0. The highest BCUT2D eigenvalue weighted by molar-refractivity contribution is 5.94. The second-order valence-corrected chi connectivity index (χ2v) is 8.68. The molecule has 196 valence electrons. The van der Waals surface area contributed by atoms with E-state index in [0.29, 0.717) is 37.3 Å². The Balaban J connectivity index is 0.00000180. The Morgan fingerprint density at radius 2 is 1.89 bits per heavy atom. The molecule has 0 unspecified atom stereocenters. The van der Waals surface area contributed by atoms with E-state index in [1.54, 1.807) is 12.0 Å². The van der Waals surface area contributed by atoms with Crippen LogP contribution >= 0.6 is 24.8 Å². The van der Waals surface area contributed by atoms with Gasteiger partial charge >= 0.3 is 6.09 Å². The normalized spacial score (nSPS) is 17.4. The van der Waals surface area contributed by atoms with E-state index in [2.05, 4.69) is 20.5 Å². The Morgan fingerprint density at radius 3 is 2.67 bits per heavy atom. The molecule has 1 saturated heterocycles. The minimum absolute atomic E-state index is 0. The van der Waals surface area contributed by atoms with Crippen LogP contribution in [-0.2, 0) is 22.7 Å². The van der Waals surface area contributed by atoms with Crippen LogP contribution in [0.2, 0.25) is 0 Å². The summed E-state index contributed by atoms with van der Waals surface area (Å²) in [5, 5.41) is 6.32. The number of fused-ring (bicyclic) bond motifs is 2. The maximum atomic E-state index is 12.4. The van der Waals surface area contributed by atoms with Crippen molar-refractivity contribution in [1.82, 2.24) is 15.2 Å². The fourth-order valence-corrected chi connectivity index (χ4v) is 4.53. The Kier molecular flexibility index (Phi) is 9.61. The fourth-order valence-electron chi connectivity index (χ4n) is 4.53. The van der Waals surface area contributed by atoms with Crippen molar-refractivity contribution in [2.24, 2.45) is 0 Å². The first-order chi connectivity index (χ1) is 16.6. The predicted molar refractivity (Wildman–Crippen MR) is 140 cm³/mol. The molecular weight excluding hydrogens is 509 g/mol. The number of nitrogens with one attached hydrogen (secondary N) is 2. The number of carbonyl (C=O) groups excluding carboxylic acids is 2. The third-order valence-corrected chi connectivity index (χ3v) is 6.49. The van der Waals surface area contributed by atoms with Crippen LogP contribution in [0, 0.1) is 0 Å². The van der Waals surface area contributed by atoms with Gasteiger partial charge in [-0.1, -0.05) is 0 Å². The molecule has 0 aliphatic carbocycles. The summed E-state index contributed by atoms with van der Waals surface area (Å²) in [4.78, 5) is 32.5. The van der Waals surface area contributed by atoms with Crippen molar-refractivity contribution in [2.45, 2.75) is 32.0 Å². The molecule has 5 rings (SSSR count). The van der Waals surface area contributed by atoms with Gasteiger partial charge in [-0.25, -0.2) is 9.78 Å². The number of likely N-dealkylation sites (tertiary alicyclic amines) is 1. The van der Waals surface area contributed by atoms with Crippen molar-refractivity contribution in [3.63, 3.8) is 0 Å². The summed E-state index contributed by atoms with van der Waals surface area (Å²) in [6, 6.07) is 9.90. The molecule has 2 amide bonds. The summed E-state index contributed by atoms with van der Waals surface area (Å²) in [5.74, 6) is 1.64. The summed E-state index contributed by atoms with van der Waals surface area (Å²) in [6.45, 7) is 4.22. The summed E-state index contributed by atoms with van der Waals surface area (Å²) < 4.78 is 16.0. The van der Waals surface area contributed by atoms with Gasteiger partial charge in [-0.05, 0) is 50.2 Å². The van der Waals surface area contributed by atoms with Gasteiger partial charge in [-0.2, -0.15) is 0 Å². The lowest BCUT2D eigenvalue weighted by Crippen LogP contribution is -2.46. The molecule has 12 heteroatoms. The Bertz CT molecular complexity index is 1080. The van der Waals surface area contributed by atoms with Gasteiger partial charge in [0.15, 0.2) is 18.2 Å². The smallest absolute Gasteiger partial charge is 0.414 e. The summed E-state index contributed by atoms with van der Waals surface area (Å²) >= 11 is 0. The number of cyclic esters (lactones) is 1. The number of amides is 2. The molecule has 0 spiro atoms. The van der Waals surface area contributed by atoms with Crippen molar-refractivity contribution < 1.29 is 23.8 Å².